The Morgan fingerprint density at radius 2 is 2.08 bits per heavy atom. The molecule has 0 saturated carbocycles. The number of pyridine rings is 1. The van der Waals surface area contributed by atoms with Crippen LogP contribution in [0.15, 0.2) is 46.8 Å². The van der Waals surface area contributed by atoms with E-state index in [1.165, 1.54) is 13.2 Å². The van der Waals surface area contributed by atoms with Crippen molar-refractivity contribution >= 4 is 17.6 Å². The van der Waals surface area contributed by atoms with Gasteiger partial charge in [-0.05, 0) is 43.5 Å². The van der Waals surface area contributed by atoms with Gasteiger partial charge in [0.15, 0.2) is 11.7 Å². The van der Waals surface area contributed by atoms with Crippen molar-refractivity contribution in [1.82, 2.24) is 19.4 Å². The number of nitrogens with zero attached hydrogens (tertiary/aromatic N) is 7. The van der Waals surface area contributed by atoms with Gasteiger partial charge in [0.05, 0.1) is 18.8 Å². The van der Waals surface area contributed by atoms with Crippen LogP contribution in [0.4, 0.5) is 8.78 Å². The lowest BCUT2D eigenvalue weighted by Gasteiger charge is -2.30. The number of nitrogens with two attached hydrogens (primary N) is 1. The van der Waals surface area contributed by atoms with E-state index < -0.39 is 12.3 Å². The highest BCUT2D eigenvalue weighted by atomic mass is 19.3. The lowest BCUT2D eigenvalue weighted by Crippen LogP contribution is -2.38. The average Bonchev–Trinajstić information content (AvgIpc) is 3.32. The van der Waals surface area contributed by atoms with E-state index in [2.05, 4.69) is 26.0 Å². The standard InChI is InChI=1S/C27H28F2N8O2/c1-4-39-23-11-19(34-13-18(23)12-30)15-37-7-5-20-21(26(32-3)35-25(31)24(28)29)9-17(10-22(20)27(37)38)14-36-8-6-33-16(36)2/h6,8-11,13,24H,4-5,7,14-15H2,1-3H3,(H2,31,32,35). The highest BCUT2D eigenvalue weighted by Gasteiger charge is 2.29. The quantitative estimate of drug-likeness (QED) is 0.349. The van der Waals surface area contributed by atoms with E-state index in [1.807, 2.05) is 30.7 Å². The fraction of sp³-hybridized carbons (Fsp3) is 0.333. The van der Waals surface area contributed by atoms with Crippen LogP contribution in [0.1, 0.15) is 51.1 Å². The van der Waals surface area contributed by atoms with E-state index in [1.54, 1.807) is 23.2 Å². The van der Waals surface area contributed by atoms with E-state index in [9.17, 15) is 18.8 Å². The number of benzene rings is 1. The summed E-state index contributed by atoms with van der Waals surface area (Å²) < 4.78 is 33.8. The maximum atomic E-state index is 13.7. The van der Waals surface area contributed by atoms with Crippen LogP contribution in [0.2, 0.25) is 0 Å². The summed E-state index contributed by atoms with van der Waals surface area (Å²) in [7, 11) is 1.44. The van der Waals surface area contributed by atoms with E-state index in [0.29, 0.717) is 59.8 Å². The van der Waals surface area contributed by atoms with Crippen molar-refractivity contribution in [3.63, 3.8) is 0 Å². The molecule has 202 valence electrons. The largest absolute Gasteiger partial charge is 0.492 e. The average molecular weight is 535 g/mol. The van der Waals surface area contributed by atoms with Crippen LogP contribution in [0.25, 0.3) is 0 Å². The van der Waals surface area contributed by atoms with E-state index >= 15 is 0 Å². The molecule has 10 nitrogen and oxygen atoms in total. The summed E-state index contributed by atoms with van der Waals surface area (Å²) in [4.78, 5) is 32.0. The third-order valence-electron chi connectivity index (χ3n) is 6.34. The molecular weight excluding hydrogens is 506 g/mol. The fourth-order valence-electron chi connectivity index (χ4n) is 4.44. The van der Waals surface area contributed by atoms with Gasteiger partial charge in [-0.25, -0.2) is 18.8 Å². The molecule has 0 spiro atoms. The second-order valence-corrected chi connectivity index (χ2v) is 8.85. The third-order valence-corrected chi connectivity index (χ3v) is 6.34. The van der Waals surface area contributed by atoms with Gasteiger partial charge < -0.3 is 19.9 Å². The first kappa shape index (κ1) is 27.4. The van der Waals surface area contributed by atoms with Crippen molar-refractivity contribution < 1.29 is 18.3 Å². The molecule has 0 fully saturated rings. The van der Waals surface area contributed by atoms with Gasteiger partial charge in [-0.3, -0.25) is 14.8 Å². The van der Waals surface area contributed by atoms with Gasteiger partial charge >= 0.3 is 0 Å². The van der Waals surface area contributed by atoms with Gasteiger partial charge in [-0.1, -0.05) is 0 Å². The molecule has 0 saturated heterocycles. The number of aryl methyl sites for hydroxylation is 1. The molecule has 0 atom stereocenters. The monoisotopic (exact) mass is 534 g/mol. The van der Waals surface area contributed by atoms with Gasteiger partial charge in [0.25, 0.3) is 12.3 Å². The summed E-state index contributed by atoms with van der Waals surface area (Å²) in [6.45, 7) is 5.03. The number of hydrogen-bond acceptors (Lipinski definition) is 6. The Balaban J connectivity index is 1.74. The highest BCUT2D eigenvalue weighted by Crippen LogP contribution is 2.28. The molecule has 0 unspecified atom stereocenters. The SMILES string of the molecule is CCOc1cc(CN2CCc3c(cc(Cn4ccnc4C)cc3C(=NC)N=C(N)C(F)F)C2=O)ncc1C#N. The zero-order valence-corrected chi connectivity index (χ0v) is 21.9. The number of amides is 1. The van der Waals surface area contributed by atoms with Gasteiger partial charge in [0.1, 0.15) is 23.2 Å². The van der Waals surface area contributed by atoms with Gasteiger partial charge in [0.2, 0.25) is 0 Å². The summed E-state index contributed by atoms with van der Waals surface area (Å²) >= 11 is 0. The number of amidine groups is 2. The number of aliphatic imine (C=N–C) groups is 2. The predicted molar refractivity (Wildman–Crippen MR) is 141 cm³/mol. The lowest BCUT2D eigenvalue weighted by molar-refractivity contribution is 0.0724. The minimum atomic E-state index is -2.94. The van der Waals surface area contributed by atoms with Crippen molar-refractivity contribution in [3.8, 4) is 11.8 Å². The molecule has 3 heterocycles. The zero-order chi connectivity index (χ0) is 28.1. The van der Waals surface area contributed by atoms with E-state index in [4.69, 9.17) is 10.5 Å². The molecule has 1 aliphatic heterocycles. The van der Waals surface area contributed by atoms with Crippen LogP contribution < -0.4 is 10.5 Å². The Hall–Kier alpha value is -4.66. The van der Waals surface area contributed by atoms with Gasteiger partial charge in [-0.15, -0.1) is 0 Å². The van der Waals surface area contributed by atoms with Crippen molar-refractivity contribution in [1.29, 1.82) is 5.26 Å². The first-order chi connectivity index (χ1) is 18.7. The Labute approximate surface area is 224 Å². The number of hydrogen-bond donors (Lipinski definition) is 1. The molecule has 39 heavy (non-hydrogen) atoms. The Morgan fingerprint density at radius 3 is 2.72 bits per heavy atom. The predicted octanol–water partition coefficient (Wildman–Crippen LogP) is 3.10. The van der Waals surface area contributed by atoms with Crippen LogP contribution in [-0.2, 0) is 19.5 Å². The topological polar surface area (TPSA) is 135 Å². The molecule has 0 bridgehead atoms. The van der Waals surface area contributed by atoms with Crippen LogP contribution >= 0.6 is 0 Å². The van der Waals surface area contributed by atoms with Crippen molar-refractivity contribution in [2.24, 2.45) is 15.7 Å². The van der Waals surface area contributed by atoms with Crippen molar-refractivity contribution in [3.05, 3.63) is 76.1 Å². The molecule has 1 aromatic carbocycles. The number of ether oxygens (including phenoxy) is 1. The molecule has 0 radical (unpaired) electrons. The maximum absolute atomic E-state index is 13.7. The fourth-order valence-corrected chi connectivity index (χ4v) is 4.44. The third kappa shape index (κ3) is 5.93. The number of alkyl halides is 2. The van der Waals surface area contributed by atoms with Crippen molar-refractivity contribution in [2.75, 3.05) is 20.2 Å². The molecule has 12 heteroatoms. The number of halogens is 2. The van der Waals surface area contributed by atoms with Crippen LogP contribution in [0.5, 0.6) is 5.75 Å². The number of rotatable bonds is 8. The number of fused-ring (bicyclic) bond motifs is 1. The van der Waals surface area contributed by atoms with Crippen molar-refractivity contribution in [2.45, 2.75) is 39.8 Å². The maximum Gasteiger partial charge on any atom is 0.294 e. The summed E-state index contributed by atoms with van der Waals surface area (Å²) in [5, 5.41) is 9.31. The normalized spacial score (nSPS) is 14.0. The van der Waals surface area contributed by atoms with Crippen LogP contribution in [0.3, 0.4) is 0 Å². The molecule has 1 aliphatic rings. The van der Waals surface area contributed by atoms with Gasteiger partial charge in [0, 0.05) is 55.9 Å². The Kier molecular flexibility index (Phi) is 8.29. The smallest absolute Gasteiger partial charge is 0.294 e. The molecule has 0 aliphatic carbocycles. The van der Waals surface area contributed by atoms with Gasteiger partial charge in [-0.2, -0.15) is 5.26 Å². The highest BCUT2D eigenvalue weighted by molar-refractivity contribution is 6.10. The molecule has 1 amide bonds. The minimum absolute atomic E-state index is 0.0321. The number of nitriles is 1. The first-order valence-corrected chi connectivity index (χ1v) is 12.3. The van der Waals surface area contributed by atoms with E-state index in [-0.39, 0.29) is 18.3 Å². The van der Waals surface area contributed by atoms with Crippen LogP contribution in [-0.4, -0.2) is 63.6 Å². The Morgan fingerprint density at radius 1 is 1.28 bits per heavy atom. The Bertz CT molecular complexity index is 1490. The van der Waals surface area contributed by atoms with E-state index in [0.717, 1.165) is 11.4 Å². The molecule has 3 aromatic rings. The second-order valence-electron chi connectivity index (χ2n) is 8.85. The molecular formula is C27H28F2N8O2. The molecule has 2 aromatic heterocycles. The number of carbonyl (C=O) groups excluding carboxylic acids is 1. The lowest BCUT2D eigenvalue weighted by atomic mass is 9.90. The second kappa shape index (κ2) is 11.8. The summed E-state index contributed by atoms with van der Waals surface area (Å²) in [5.74, 6) is 0.134. The number of aromatic nitrogens is 3. The number of imidazole rings is 1. The molecule has 2 N–H and O–H groups in total. The molecule has 4 rings (SSSR count). The minimum Gasteiger partial charge on any atom is -0.492 e. The number of carbonyl (C=O) groups is 1. The van der Waals surface area contributed by atoms with Crippen LogP contribution in [0, 0.1) is 18.3 Å². The summed E-state index contributed by atoms with van der Waals surface area (Å²) in [6, 6.07) is 7.33. The summed E-state index contributed by atoms with van der Waals surface area (Å²) in [5.41, 5.74) is 8.67. The first-order valence-electron chi connectivity index (χ1n) is 12.3. The summed E-state index contributed by atoms with van der Waals surface area (Å²) in [6.07, 6.45) is 2.43. The zero-order valence-electron chi connectivity index (χ0n) is 21.9.